The zero-order valence-corrected chi connectivity index (χ0v) is 17.3. The number of benzene rings is 1. The maximum atomic E-state index is 12.7. The maximum absolute atomic E-state index is 12.7. The molecule has 0 aromatic heterocycles. The summed E-state index contributed by atoms with van der Waals surface area (Å²) >= 11 is 6.29. The van der Waals surface area contributed by atoms with Gasteiger partial charge in [0.05, 0.1) is 6.04 Å². The second-order valence-corrected chi connectivity index (χ2v) is 7.56. The molecule has 0 saturated carbocycles. The van der Waals surface area contributed by atoms with E-state index in [0.29, 0.717) is 16.4 Å². The molecular formula is C21H28ClN3O2. The molecule has 1 aromatic rings. The summed E-state index contributed by atoms with van der Waals surface area (Å²) in [5.41, 5.74) is 2.55. The van der Waals surface area contributed by atoms with E-state index in [0.717, 1.165) is 17.5 Å². The molecule has 1 aliphatic rings. The normalized spacial score (nSPS) is 17.5. The topological polar surface area (TPSA) is 70.2 Å². The molecule has 146 valence electrons. The second kappa shape index (κ2) is 9.09. The van der Waals surface area contributed by atoms with E-state index in [-0.39, 0.29) is 29.8 Å². The third-order valence-electron chi connectivity index (χ3n) is 4.46. The Morgan fingerprint density at radius 3 is 2.56 bits per heavy atom. The van der Waals surface area contributed by atoms with Gasteiger partial charge >= 0.3 is 0 Å². The molecule has 0 bridgehead atoms. The highest BCUT2D eigenvalue weighted by Crippen LogP contribution is 2.23. The lowest BCUT2D eigenvalue weighted by Crippen LogP contribution is -2.40. The maximum Gasteiger partial charge on any atom is 0.251 e. The van der Waals surface area contributed by atoms with Crippen molar-refractivity contribution in [3.05, 3.63) is 57.9 Å². The van der Waals surface area contributed by atoms with E-state index in [1.165, 1.54) is 0 Å². The highest BCUT2D eigenvalue weighted by atomic mass is 35.5. The number of nitrogens with one attached hydrogen (secondary N) is 3. The Balaban J connectivity index is 2.10. The fourth-order valence-corrected chi connectivity index (χ4v) is 3.10. The zero-order chi connectivity index (χ0) is 20.1. The monoisotopic (exact) mass is 389 g/mol. The van der Waals surface area contributed by atoms with Crippen LogP contribution >= 0.6 is 11.6 Å². The molecule has 0 radical (unpaired) electrons. The van der Waals surface area contributed by atoms with Gasteiger partial charge in [-0.3, -0.25) is 9.59 Å². The minimum atomic E-state index is -0.192. The third kappa shape index (κ3) is 5.60. The molecule has 1 aromatic carbocycles. The molecule has 0 spiro atoms. The van der Waals surface area contributed by atoms with Crippen LogP contribution in [0.15, 0.2) is 41.7 Å². The first kappa shape index (κ1) is 21.0. The molecule has 0 fully saturated rings. The van der Waals surface area contributed by atoms with Gasteiger partial charge in [-0.15, -0.1) is 0 Å². The van der Waals surface area contributed by atoms with Crippen LogP contribution in [-0.2, 0) is 16.0 Å². The van der Waals surface area contributed by atoms with Crippen molar-refractivity contribution in [2.45, 2.75) is 53.1 Å². The van der Waals surface area contributed by atoms with Gasteiger partial charge < -0.3 is 16.0 Å². The number of aryl methyl sites for hydroxylation is 1. The van der Waals surface area contributed by atoms with Crippen LogP contribution in [0.4, 0.5) is 0 Å². The SMILES string of the molecule is CCc1ccc(C(C)NC(=O)C2=C[C@H](C)NC(NC(=O)C(C)C)=C2)cc1Cl. The highest BCUT2D eigenvalue weighted by molar-refractivity contribution is 6.31. The van der Waals surface area contributed by atoms with Crippen LogP contribution in [0.3, 0.4) is 0 Å². The van der Waals surface area contributed by atoms with Gasteiger partial charge in [-0.1, -0.05) is 44.5 Å². The van der Waals surface area contributed by atoms with Gasteiger partial charge in [0.2, 0.25) is 5.91 Å². The van der Waals surface area contributed by atoms with Crippen LogP contribution in [0.1, 0.15) is 51.8 Å². The first-order valence-electron chi connectivity index (χ1n) is 9.31. The van der Waals surface area contributed by atoms with E-state index in [1.54, 1.807) is 6.08 Å². The molecule has 0 aliphatic carbocycles. The van der Waals surface area contributed by atoms with Crippen LogP contribution < -0.4 is 16.0 Å². The molecule has 2 rings (SSSR count). The minimum Gasteiger partial charge on any atom is -0.366 e. The Kier molecular flexibility index (Phi) is 7.08. The van der Waals surface area contributed by atoms with E-state index in [2.05, 4.69) is 22.9 Å². The molecule has 1 heterocycles. The number of carbonyl (C=O) groups is 2. The van der Waals surface area contributed by atoms with E-state index in [1.807, 2.05) is 52.0 Å². The number of dihydropyridines is 1. The lowest BCUT2D eigenvalue weighted by Gasteiger charge is -2.23. The number of hydrogen-bond acceptors (Lipinski definition) is 3. The quantitative estimate of drug-likeness (QED) is 0.696. The summed E-state index contributed by atoms with van der Waals surface area (Å²) in [6.45, 7) is 9.54. The summed E-state index contributed by atoms with van der Waals surface area (Å²) in [6, 6.07) is 5.63. The van der Waals surface area contributed by atoms with Crippen molar-refractivity contribution in [1.29, 1.82) is 0 Å². The summed E-state index contributed by atoms with van der Waals surface area (Å²) in [5.74, 6) is 0.114. The molecule has 5 nitrogen and oxygen atoms in total. The molecular weight excluding hydrogens is 362 g/mol. The van der Waals surface area contributed by atoms with Crippen molar-refractivity contribution in [1.82, 2.24) is 16.0 Å². The largest absolute Gasteiger partial charge is 0.366 e. The Hall–Kier alpha value is -2.27. The van der Waals surface area contributed by atoms with Gasteiger partial charge in [-0.2, -0.15) is 0 Å². The van der Waals surface area contributed by atoms with Crippen molar-refractivity contribution in [2.24, 2.45) is 5.92 Å². The van der Waals surface area contributed by atoms with E-state index in [9.17, 15) is 9.59 Å². The van der Waals surface area contributed by atoms with Crippen LogP contribution in [0.2, 0.25) is 5.02 Å². The van der Waals surface area contributed by atoms with Gasteiger partial charge in [0, 0.05) is 22.6 Å². The fraction of sp³-hybridized carbons (Fsp3) is 0.429. The van der Waals surface area contributed by atoms with Crippen LogP contribution in [0.25, 0.3) is 0 Å². The molecule has 2 amide bonds. The van der Waals surface area contributed by atoms with Gasteiger partial charge in [0.15, 0.2) is 0 Å². The van der Waals surface area contributed by atoms with Crippen molar-refractivity contribution in [3.8, 4) is 0 Å². The predicted octanol–water partition coefficient (Wildman–Crippen LogP) is 3.61. The Morgan fingerprint density at radius 1 is 1.26 bits per heavy atom. The van der Waals surface area contributed by atoms with Crippen molar-refractivity contribution < 1.29 is 9.59 Å². The molecule has 3 N–H and O–H groups in total. The summed E-state index contributed by atoms with van der Waals surface area (Å²) in [6.07, 6.45) is 4.36. The number of hydrogen-bond donors (Lipinski definition) is 3. The van der Waals surface area contributed by atoms with E-state index in [4.69, 9.17) is 11.6 Å². The van der Waals surface area contributed by atoms with Crippen LogP contribution in [0.5, 0.6) is 0 Å². The average molecular weight is 390 g/mol. The Bertz CT molecular complexity index is 784. The molecule has 27 heavy (non-hydrogen) atoms. The summed E-state index contributed by atoms with van der Waals surface area (Å²) in [4.78, 5) is 24.6. The smallest absolute Gasteiger partial charge is 0.251 e. The fourth-order valence-electron chi connectivity index (χ4n) is 2.77. The predicted molar refractivity (Wildman–Crippen MR) is 109 cm³/mol. The van der Waals surface area contributed by atoms with Crippen molar-refractivity contribution >= 4 is 23.4 Å². The number of halogens is 1. The highest BCUT2D eigenvalue weighted by Gasteiger charge is 2.20. The van der Waals surface area contributed by atoms with Gasteiger partial charge in [-0.25, -0.2) is 0 Å². The van der Waals surface area contributed by atoms with E-state index >= 15 is 0 Å². The number of carbonyl (C=O) groups excluding carboxylic acids is 2. The van der Waals surface area contributed by atoms with Gasteiger partial charge in [-0.05, 0) is 49.6 Å². The van der Waals surface area contributed by atoms with Gasteiger partial charge in [0.1, 0.15) is 5.82 Å². The average Bonchev–Trinajstić information content (AvgIpc) is 2.60. The lowest BCUT2D eigenvalue weighted by molar-refractivity contribution is -0.123. The molecule has 1 unspecified atom stereocenters. The molecule has 1 aliphatic heterocycles. The summed E-state index contributed by atoms with van der Waals surface area (Å²) in [7, 11) is 0. The van der Waals surface area contributed by atoms with E-state index < -0.39 is 0 Å². The third-order valence-corrected chi connectivity index (χ3v) is 4.81. The number of amides is 2. The lowest BCUT2D eigenvalue weighted by atomic mass is 10.0. The van der Waals surface area contributed by atoms with Gasteiger partial charge in [0.25, 0.3) is 5.91 Å². The summed E-state index contributed by atoms with van der Waals surface area (Å²) < 4.78 is 0. The summed E-state index contributed by atoms with van der Waals surface area (Å²) in [5, 5.41) is 9.67. The Morgan fingerprint density at radius 2 is 1.96 bits per heavy atom. The van der Waals surface area contributed by atoms with Crippen LogP contribution in [0, 0.1) is 5.92 Å². The van der Waals surface area contributed by atoms with Crippen LogP contribution in [-0.4, -0.2) is 17.9 Å². The Labute approximate surface area is 166 Å². The zero-order valence-electron chi connectivity index (χ0n) is 16.5. The first-order valence-corrected chi connectivity index (χ1v) is 9.69. The van der Waals surface area contributed by atoms with Crippen molar-refractivity contribution in [2.75, 3.05) is 0 Å². The second-order valence-electron chi connectivity index (χ2n) is 7.16. The van der Waals surface area contributed by atoms with Crippen molar-refractivity contribution in [3.63, 3.8) is 0 Å². The minimum absolute atomic E-state index is 0.0631. The first-order chi connectivity index (χ1) is 12.7. The standard InChI is InChI=1S/C21H28ClN3O2/c1-6-15-7-8-16(10-18(15)22)14(5)24-21(27)17-9-13(4)23-19(11-17)25-20(26)12(2)3/h7-14,23H,6H2,1-5H3,(H,24,27)(H,25,26)/t13-,14?/m0/s1. The molecule has 6 heteroatoms. The molecule has 2 atom stereocenters. The number of rotatable bonds is 6. The molecule has 0 saturated heterocycles.